The maximum atomic E-state index is 13.8. The van der Waals surface area contributed by atoms with E-state index in [-0.39, 0.29) is 30.3 Å². The summed E-state index contributed by atoms with van der Waals surface area (Å²) in [5.41, 5.74) is 0.842. The summed E-state index contributed by atoms with van der Waals surface area (Å²) in [6.45, 7) is 2.49. The Bertz CT molecular complexity index is 934. The molecular formula is C26H35N3O5. The van der Waals surface area contributed by atoms with Gasteiger partial charge in [-0.15, -0.1) is 0 Å². The summed E-state index contributed by atoms with van der Waals surface area (Å²) in [6.07, 6.45) is 4.37. The van der Waals surface area contributed by atoms with Gasteiger partial charge >= 0.3 is 0 Å². The number of carbonyl (C=O) groups is 3. The molecule has 2 amide bonds. The van der Waals surface area contributed by atoms with Crippen molar-refractivity contribution in [1.82, 2.24) is 15.1 Å². The van der Waals surface area contributed by atoms with Crippen LogP contribution in [0.25, 0.3) is 0 Å². The van der Waals surface area contributed by atoms with Crippen LogP contribution in [0.5, 0.6) is 0 Å². The minimum Gasteiger partial charge on any atom is -0.377 e. The van der Waals surface area contributed by atoms with Crippen LogP contribution in [0.4, 0.5) is 0 Å². The van der Waals surface area contributed by atoms with E-state index in [9.17, 15) is 14.4 Å². The van der Waals surface area contributed by atoms with Gasteiger partial charge in [-0.2, -0.15) is 0 Å². The van der Waals surface area contributed by atoms with Crippen LogP contribution < -0.4 is 5.32 Å². The summed E-state index contributed by atoms with van der Waals surface area (Å²) in [4.78, 5) is 43.5. The molecule has 1 aliphatic carbocycles. The van der Waals surface area contributed by atoms with Gasteiger partial charge in [0.15, 0.2) is 5.78 Å². The zero-order chi connectivity index (χ0) is 23.9. The summed E-state index contributed by atoms with van der Waals surface area (Å²) in [6, 6.07) is 7.23. The first kappa shape index (κ1) is 23.5. The van der Waals surface area contributed by atoms with Gasteiger partial charge in [0.25, 0.3) is 5.91 Å². The van der Waals surface area contributed by atoms with Crippen molar-refractivity contribution in [2.75, 3.05) is 40.4 Å². The molecule has 4 aliphatic rings. The number of rotatable bonds is 5. The lowest BCUT2D eigenvalue weighted by atomic mass is 9.89. The highest BCUT2D eigenvalue weighted by Crippen LogP contribution is 2.37. The molecular weight excluding hydrogens is 434 g/mol. The number of ketones is 1. The van der Waals surface area contributed by atoms with Crippen LogP contribution in [0.15, 0.2) is 24.3 Å². The average molecular weight is 470 g/mol. The number of carbonyl (C=O) groups excluding carboxylic acids is 3. The number of benzene rings is 1. The lowest BCUT2D eigenvalue weighted by Gasteiger charge is -2.35. The van der Waals surface area contributed by atoms with E-state index < -0.39 is 17.7 Å². The van der Waals surface area contributed by atoms with Crippen molar-refractivity contribution in [2.45, 2.75) is 68.2 Å². The Balaban J connectivity index is 1.31. The predicted octanol–water partition coefficient (Wildman–Crippen LogP) is 1.73. The van der Waals surface area contributed by atoms with Crippen LogP contribution in [-0.2, 0) is 19.1 Å². The molecule has 1 saturated carbocycles. The van der Waals surface area contributed by atoms with E-state index in [0.29, 0.717) is 30.9 Å². The molecule has 3 atom stereocenters. The first-order valence-electron chi connectivity index (χ1n) is 12.5. The van der Waals surface area contributed by atoms with E-state index in [1.54, 1.807) is 12.0 Å². The number of Topliss-reactive ketones (excluding diaryl/α,β-unsaturated/α-hetero) is 1. The van der Waals surface area contributed by atoms with E-state index in [2.05, 4.69) is 29.4 Å². The van der Waals surface area contributed by atoms with Crippen LogP contribution in [-0.4, -0.2) is 91.6 Å². The summed E-state index contributed by atoms with van der Waals surface area (Å²) in [7, 11) is 3.72. The minimum atomic E-state index is -0.986. The van der Waals surface area contributed by atoms with Crippen molar-refractivity contribution in [1.29, 1.82) is 0 Å². The molecule has 5 rings (SSSR count). The second-order valence-electron chi connectivity index (χ2n) is 10.4. The number of methoxy groups -OCH3 is 1. The lowest BCUT2D eigenvalue weighted by Crippen LogP contribution is -2.60. The van der Waals surface area contributed by atoms with Gasteiger partial charge in [-0.05, 0) is 69.4 Å². The molecule has 1 N–H and O–H groups in total. The second kappa shape index (κ2) is 9.40. The van der Waals surface area contributed by atoms with Gasteiger partial charge in [-0.3, -0.25) is 14.4 Å². The molecule has 0 spiro atoms. The largest absolute Gasteiger partial charge is 0.377 e. The molecule has 0 unspecified atom stereocenters. The zero-order valence-corrected chi connectivity index (χ0v) is 20.1. The Morgan fingerprint density at radius 2 is 1.79 bits per heavy atom. The fraction of sp³-hybridized carbons (Fsp3) is 0.654. The number of amides is 2. The summed E-state index contributed by atoms with van der Waals surface area (Å²) in [5, 5.41) is 3.09. The molecule has 184 valence electrons. The smallest absolute Gasteiger partial charge is 0.252 e. The molecule has 3 heterocycles. The van der Waals surface area contributed by atoms with Crippen molar-refractivity contribution in [3.8, 4) is 0 Å². The Hall–Kier alpha value is -2.29. The van der Waals surface area contributed by atoms with Gasteiger partial charge in [0.2, 0.25) is 5.91 Å². The van der Waals surface area contributed by atoms with Crippen molar-refractivity contribution >= 4 is 17.6 Å². The van der Waals surface area contributed by atoms with Crippen LogP contribution in [0.1, 0.15) is 60.4 Å². The van der Waals surface area contributed by atoms with E-state index in [4.69, 9.17) is 9.47 Å². The first-order chi connectivity index (χ1) is 16.4. The molecule has 0 bridgehead atoms. The number of fused-ring (bicyclic) bond motifs is 1. The van der Waals surface area contributed by atoms with Crippen molar-refractivity contribution in [3.63, 3.8) is 0 Å². The molecule has 0 radical (unpaired) electrons. The van der Waals surface area contributed by atoms with E-state index in [1.807, 2.05) is 12.1 Å². The zero-order valence-electron chi connectivity index (χ0n) is 20.1. The first-order valence-corrected chi connectivity index (χ1v) is 12.5. The average Bonchev–Trinajstić information content (AvgIpc) is 3.57. The predicted molar refractivity (Wildman–Crippen MR) is 126 cm³/mol. The van der Waals surface area contributed by atoms with Crippen LogP contribution in [0.2, 0.25) is 0 Å². The van der Waals surface area contributed by atoms with Crippen LogP contribution in [0, 0.1) is 0 Å². The molecule has 8 heteroatoms. The molecule has 1 aromatic rings. The lowest BCUT2D eigenvalue weighted by molar-refractivity contribution is -0.142. The Morgan fingerprint density at radius 1 is 1.12 bits per heavy atom. The highest BCUT2D eigenvalue weighted by atomic mass is 16.5. The molecule has 3 aliphatic heterocycles. The minimum absolute atomic E-state index is 0.00195. The number of likely N-dealkylation sites (tertiary alicyclic amines) is 2. The van der Waals surface area contributed by atoms with Gasteiger partial charge in [-0.25, -0.2) is 0 Å². The standard InChI is InChI=1S/C26H35N3O5/c1-28-13-9-18(10-14-28)17-5-7-19(8-6-17)24(31)27-26(11-3-4-12-26)25(32)29-15-21(33-2)23-22(29)20(30)16-34-23/h5-8,18,21-23H,3-4,9-16H2,1-2H3,(H,27,31)/t21-,22+,23+/m0/s1. The number of nitrogens with zero attached hydrogens (tertiary/aromatic N) is 2. The molecule has 1 aromatic carbocycles. The summed E-state index contributed by atoms with van der Waals surface area (Å²) >= 11 is 0. The summed E-state index contributed by atoms with van der Waals surface area (Å²) in [5.74, 6) is 0.00820. The van der Waals surface area contributed by atoms with Gasteiger partial charge < -0.3 is 24.6 Å². The SMILES string of the molecule is CO[C@H]1CN(C(=O)C2(NC(=O)c3ccc(C4CCN(C)CC4)cc3)CCCC2)[C@@H]2C(=O)CO[C@H]12. The third-order valence-electron chi connectivity index (χ3n) is 8.28. The Morgan fingerprint density at radius 3 is 2.44 bits per heavy atom. The van der Waals surface area contributed by atoms with Gasteiger partial charge in [-0.1, -0.05) is 25.0 Å². The molecule has 8 nitrogen and oxygen atoms in total. The number of hydrogen-bond acceptors (Lipinski definition) is 6. The van der Waals surface area contributed by atoms with Crippen LogP contribution in [0.3, 0.4) is 0 Å². The molecule has 34 heavy (non-hydrogen) atoms. The number of piperidine rings is 1. The molecule has 0 aromatic heterocycles. The van der Waals surface area contributed by atoms with Crippen LogP contribution >= 0.6 is 0 Å². The van der Waals surface area contributed by atoms with Crippen molar-refractivity contribution in [3.05, 3.63) is 35.4 Å². The maximum absolute atomic E-state index is 13.8. The number of nitrogens with one attached hydrogen (secondary N) is 1. The normalized spacial score (nSPS) is 29.4. The highest BCUT2D eigenvalue weighted by Gasteiger charge is 2.56. The van der Waals surface area contributed by atoms with E-state index in [1.165, 1.54) is 5.56 Å². The molecule has 4 fully saturated rings. The molecule has 3 saturated heterocycles. The van der Waals surface area contributed by atoms with Crippen molar-refractivity contribution < 1.29 is 23.9 Å². The van der Waals surface area contributed by atoms with Crippen molar-refractivity contribution in [2.24, 2.45) is 0 Å². The number of hydrogen-bond donors (Lipinski definition) is 1. The summed E-state index contributed by atoms with van der Waals surface area (Å²) < 4.78 is 11.1. The Kier molecular flexibility index (Phi) is 6.48. The fourth-order valence-corrected chi connectivity index (χ4v) is 6.21. The van der Waals surface area contributed by atoms with Gasteiger partial charge in [0.1, 0.15) is 30.4 Å². The van der Waals surface area contributed by atoms with Gasteiger partial charge in [0, 0.05) is 12.7 Å². The third kappa shape index (κ3) is 4.16. The highest BCUT2D eigenvalue weighted by molar-refractivity contribution is 6.01. The maximum Gasteiger partial charge on any atom is 0.252 e. The van der Waals surface area contributed by atoms with E-state index >= 15 is 0 Å². The monoisotopic (exact) mass is 469 g/mol. The van der Waals surface area contributed by atoms with E-state index in [0.717, 1.165) is 38.8 Å². The quantitative estimate of drug-likeness (QED) is 0.707. The fourth-order valence-electron chi connectivity index (χ4n) is 6.21. The second-order valence-corrected chi connectivity index (χ2v) is 10.4. The van der Waals surface area contributed by atoms with Gasteiger partial charge in [0.05, 0.1) is 6.54 Å². The Labute approximate surface area is 200 Å². The topological polar surface area (TPSA) is 88.2 Å². The third-order valence-corrected chi connectivity index (χ3v) is 8.28. The number of ether oxygens (including phenoxy) is 2.